The molecule has 4 heteroatoms. The summed E-state index contributed by atoms with van der Waals surface area (Å²) >= 11 is 0. The molecule has 0 saturated heterocycles. The van der Waals surface area contributed by atoms with E-state index in [1.165, 1.54) is 22.1 Å². The van der Waals surface area contributed by atoms with E-state index in [9.17, 15) is 0 Å². The first-order chi connectivity index (χ1) is 29.8. The maximum atomic E-state index is 2.44. The number of hydrogen-bond donors (Lipinski definition) is 0. The molecule has 10 aromatic rings. The van der Waals surface area contributed by atoms with E-state index in [1.54, 1.807) is 0 Å². The van der Waals surface area contributed by atoms with Crippen LogP contribution in [0.15, 0.2) is 243 Å². The van der Waals surface area contributed by atoms with Gasteiger partial charge in [-0.25, -0.2) is 0 Å². The molecule has 0 fully saturated rings. The van der Waals surface area contributed by atoms with Gasteiger partial charge < -0.3 is 9.80 Å². The van der Waals surface area contributed by atoms with Gasteiger partial charge in [-0.05, 0) is 119 Å². The molecule has 60 heavy (non-hydrogen) atoms. The lowest BCUT2D eigenvalue weighted by Crippen LogP contribution is -2.25. The van der Waals surface area contributed by atoms with E-state index in [4.69, 9.17) is 0 Å². The molecule has 0 radical (unpaired) electrons. The van der Waals surface area contributed by atoms with Gasteiger partial charge in [0, 0.05) is 39.5 Å². The molecule has 1 aromatic heterocycles. The van der Waals surface area contributed by atoms with E-state index in [2.05, 4.69) is 262 Å². The van der Waals surface area contributed by atoms with E-state index in [-0.39, 0.29) is 0 Å². The molecule has 0 spiro atoms. The average Bonchev–Trinajstić information content (AvgIpc) is 3.66. The summed E-state index contributed by atoms with van der Waals surface area (Å²) in [5, 5.41) is 1.17. The Balaban J connectivity index is 1.03. The molecular formula is C56H40N4. The van der Waals surface area contributed by atoms with Gasteiger partial charge in [0.1, 0.15) is 5.82 Å². The second-order valence-electron chi connectivity index (χ2n) is 15.0. The van der Waals surface area contributed by atoms with Gasteiger partial charge in [-0.2, -0.15) is 0 Å². The van der Waals surface area contributed by atoms with Gasteiger partial charge in [-0.15, -0.1) is 0 Å². The first-order valence-electron chi connectivity index (χ1n) is 20.4. The SMILES string of the molecule is c1ccc(N(c2ccccc2)c2ccc(-c3ccc(-c4ccc5c6c(n(-c7ccccc7)c5c4)N(c4ccccc4)c4ccccc4N6c4ccccc4)cc3)cc2)cc1. The highest BCUT2D eigenvalue weighted by molar-refractivity contribution is 6.13. The summed E-state index contributed by atoms with van der Waals surface area (Å²) in [4.78, 5) is 7.16. The second-order valence-corrected chi connectivity index (χ2v) is 15.0. The number of aromatic nitrogens is 1. The van der Waals surface area contributed by atoms with Crippen LogP contribution in [0.3, 0.4) is 0 Å². The van der Waals surface area contributed by atoms with Crippen molar-refractivity contribution in [1.82, 2.24) is 4.57 Å². The van der Waals surface area contributed by atoms with Gasteiger partial charge in [-0.3, -0.25) is 9.47 Å². The topological polar surface area (TPSA) is 14.7 Å². The Labute approximate surface area is 350 Å². The molecule has 1 aliphatic rings. The Hall–Kier alpha value is -8.08. The third-order valence-electron chi connectivity index (χ3n) is 11.5. The van der Waals surface area contributed by atoms with Crippen molar-refractivity contribution < 1.29 is 0 Å². The molecule has 11 rings (SSSR count). The van der Waals surface area contributed by atoms with Crippen molar-refractivity contribution in [3.05, 3.63) is 243 Å². The highest BCUT2D eigenvalue weighted by Gasteiger charge is 2.36. The quantitative estimate of drug-likeness (QED) is 0.153. The fourth-order valence-corrected chi connectivity index (χ4v) is 8.72. The van der Waals surface area contributed by atoms with E-state index in [0.717, 1.165) is 68.1 Å². The van der Waals surface area contributed by atoms with Crippen LogP contribution in [0.25, 0.3) is 38.8 Å². The van der Waals surface area contributed by atoms with Crippen molar-refractivity contribution in [2.24, 2.45) is 0 Å². The maximum absolute atomic E-state index is 2.44. The normalized spacial score (nSPS) is 11.9. The largest absolute Gasteiger partial charge is 0.311 e. The molecule has 0 atom stereocenters. The van der Waals surface area contributed by atoms with Crippen LogP contribution in [0.2, 0.25) is 0 Å². The maximum Gasteiger partial charge on any atom is 0.148 e. The fraction of sp³-hybridized carbons (Fsp3) is 0. The molecule has 0 aliphatic carbocycles. The third-order valence-corrected chi connectivity index (χ3v) is 11.5. The van der Waals surface area contributed by atoms with Gasteiger partial charge in [0.15, 0.2) is 0 Å². The van der Waals surface area contributed by atoms with Crippen LogP contribution in [0.1, 0.15) is 0 Å². The van der Waals surface area contributed by atoms with Crippen LogP contribution >= 0.6 is 0 Å². The Morgan fingerprint density at radius 1 is 0.300 bits per heavy atom. The monoisotopic (exact) mass is 768 g/mol. The van der Waals surface area contributed by atoms with E-state index >= 15 is 0 Å². The number of hydrogen-bond acceptors (Lipinski definition) is 3. The van der Waals surface area contributed by atoms with Crippen molar-refractivity contribution in [3.63, 3.8) is 0 Å². The summed E-state index contributed by atoms with van der Waals surface area (Å²) in [5.41, 5.74) is 15.9. The molecule has 0 N–H and O–H groups in total. The van der Waals surface area contributed by atoms with Crippen molar-refractivity contribution >= 4 is 62.2 Å². The number of nitrogens with zero attached hydrogens (tertiary/aromatic N) is 4. The highest BCUT2D eigenvalue weighted by Crippen LogP contribution is 2.58. The van der Waals surface area contributed by atoms with Crippen LogP contribution in [0.5, 0.6) is 0 Å². The van der Waals surface area contributed by atoms with Gasteiger partial charge in [0.05, 0.1) is 22.6 Å². The van der Waals surface area contributed by atoms with Crippen molar-refractivity contribution in [2.75, 3.05) is 14.7 Å². The fourth-order valence-electron chi connectivity index (χ4n) is 8.72. The molecule has 0 saturated carbocycles. The zero-order chi connectivity index (χ0) is 39.8. The number of para-hydroxylation sites is 7. The molecule has 0 unspecified atom stereocenters. The second kappa shape index (κ2) is 15.0. The summed E-state index contributed by atoms with van der Waals surface area (Å²) in [5.74, 6) is 1.10. The lowest BCUT2D eigenvalue weighted by molar-refractivity contribution is 1.05. The van der Waals surface area contributed by atoms with Gasteiger partial charge in [0.2, 0.25) is 0 Å². The van der Waals surface area contributed by atoms with Crippen LogP contribution in [-0.4, -0.2) is 4.57 Å². The third kappa shape index (κ3) is 6.10. The first-order valence-corrected chi connectivity index (χ1v) is 20.4. The zero-order valence-corrected chi connectivity index (χ0v) is 32.9. The van der Waals surface area contributed by atoms with Crippen LogP contribution in [0.4, 0.5) is 51.3 Å². The molecule has 2 heterocycles. The Kier molecular flexibility index (Phi) is 8.79. The summed E-state index contributed by atoms with van der Waals surface area (Å²) in [7, 11) is 0. The average molecular weight is 769 g/mol. The number of benzene rings is 9. The predicted octanol–water partition coefficient (Wildman–Crippen LogP) is 15.7. The summed E-state index contributed by atoms with van der Waals surface area (Å²) in [6.45, 7) is 0. The minimum absolute atomic E-state index is 1.10. The minimum atomic E-state index is 1.10. The van der Waals surface area contributed by atoms with Gasteiger partial charge in [0.25, 0.3) is 0 Å². The zero-order valence-electron chi connectivity index (χ0n) is 32.9. The molecule has 1 aliphatic heterocycles. The molecule has 284 valence electrons. The van der Waals surface area contributed by atoms with E-state index < -0.39 is 0 Å². The van der Waals surface area contributed by atoms with Crippen LogP contribution in [-0.2, 0) is 0 Å². The Bertz CT molecular complexity index is 3010. The van der Waals surface area contributed by atoms with Gasteiger partial charge >= 0.3 is 0 Å². The summed E-state index contributed by atoms with van der Waals surface area (Å²) in [6, 6.07) is 86.9. The summed E-state index contributed by atoms with van der Waals surface area (Å²) < 4.78 is 2.44. The highest BCUT2D eigenvalue weighted by atomic mass is 15.3. The van der Waals surface area contributed by atoms with Crippen LogP contribution < -0.4 is 14.7 Å². The Morgan fingerprint density at radius 3 is 1.22 bits per heavy atom. The Morgan fingerprint density at radius 2 is 0.683 bits per heavy atom. The van der Waals surface area contributed by atoms with Crippen molar-refractivity contribution in [2.45, 2.75) is 0 Å². The molecule has 9 aromatic carbocycles. The smallest absolute Gasteiger partial charge is 0.148 e. The standard InChI is InChI=1S/C56H40N4/c1-6-18-45(19-7-1)57(46-20-8-2-9-21-46)50-37-34-42(35-38-50)41-30-32-43(33-31-41)44-36-39-51-54(40-44)60(49-26-14-5-15-27-49)56-55(51)58(47-22-10-3-11-23-47)52-28-16-17-29-53(52)59(56)48-24-12-4-13-25-48/h1-40H. The van der Waals surface area contributed by atoms with E-state index in [1.807, 2.05) is 0 Å². The molecule has 0 amide bonds. The van der Waals surface area contributed by atoms with Gasteiger partial charge in [-0.1, -0.05) is 146 Å². The van der Waals surface area contributed by atoms with Crippen molar-refractivity contribution in [1.29, 1.82) is 0 Å². The lowest BCUT2D eigenvalue weighted by atomic mass is 9.99. The molecule has 0 bridgehead atoms. The first kappa shape index (κ1) is 35.1. The minimum Gasteiger partial charge on any atom is -0.311 e. The molecule has 4 nitrogen and oxygen atoms in total. The number of anilines is 9. The number of fused-ring (bicyclic) bond motifs is 4. The molecular weight excluding hydrogens is 729 g/mol. The van der Waals surface area contributed by atoms with Crippen molar-refractivity contribution in [3.8, 4) is 27.9 Å². The summed E-state index contributed by atoms with van der Waals surface area (Å²) in [6.07, 6.45) is 0. The number of rotatable bonds is 8. The van der Waals surface area contributed by atoms with E-state index in [0.29, 0.717) is 0 Å². The lowest BCUT2D eigenvalue weighted by Gasteiger charge is -2.39. The van der Waals surface area contributed by atoms with Crippen LogP contribution in [0, 0.1) is 0 Å². The predicted molar refractivity (Wildman–Crippen MR) is 252 cm³/mol.